The molecule has 1 aromatic carbocycles. The first-order valence-corrected chi connectivity index (χ1v) is 7.70. The van der Waals surface area contributed by atoms with Crippen molar-refractivity contribution in [3.05, 3.63) is 36.2 Å². The van der Waals surface area contributed by atoms with Gasteiger partial charge in [0, 0.05) is 6.21 Å². The molecule has 2 aromatic rings. The van der Waals surface area contributed by atoms with Gasteiger partial charge >= 0.3 is 5.97 Å². The lowest BCUT2D eigenvalue weighted by molar-refractivity contribution is -0.142. The van der Waals surface area contributed by atoms with Crippen molar-refractivity contribution in [3.63, 3.8) is 0 Å². The van der Waals surface area contributed by atoms with Crippen molar-refractivity contribution in [1.82, 2.24) is 9.97 Å². The number of fused-ring (bicyclic) bond motifs is 1. The van der Waals surface area contributed by atoms with Crippen molar-refractivity contribution >= 4 is 28.9 Å². The summed E-state index contributed by atoms with van der Waals surface area (Å²) in [7, 11) is 0. The van der Waals surface area contributed by atoms with Gasteiger partial charge in [-0.15, -0.1) is 0 Å². The van der Waals surface area contributed by atoms with Crippen molar-refractivity contribution in [3.8, 4) is 0 Å². The van der Waals surface area contributed by atoms with E-state index in [2.05, 4.69) is 15.0 Å². The van der Waals surface area contributed by atoms with Gasteiger partial charge < -0.3 is 10.5 Å². The first-order chi connectivity index (χ1) is 11.2. The van der Waals surface area contributed by atoms with Crippen molar-refractivity contribution in [2.45, 2.75) is 31.7 Å². The summed E-state index contributed by atoms with van der Waals surface area (Å²) in [5.74, 6) is -0.981. The van der Waals surface area contributed by atoms with Gasteiger partial charge in [0.25, 0.3) is 0 Å². The summed E-state index contributed by atoms with van der Waals surface area (Å²) < 4.78 is 0. The van der Waals surface area contributed by atoms with Gasteiger partial charge in [-0.3, -0.25) is 14.8 Å². The Bertz CT molecular complexity index is 764. The quantitative estimate of drug-likeness (QED) is 0.848. The summed E-state index contributed by atoms with van der Waals surface area (Å²) in [4.78, 5) is 24.5. The van der Waals surface area contributed by atoms with Crippen LogP contribution in [0, 0.1) is 11.3 Å². The summed E-state index contributed by atoms with van der Waals surface area (Å²) in [6.07, 6.45) is 5.57. The average Bonchev–Trinajstić information content (AvgIpc) is 2.59. The molecule has 1 saturated carbocycles. The molecule has 0 spiro atoms. The summed E-state index contributed by atoms with van der Waals surface area (Å²) in [5, 5.41) is 16.7. The van der Waals surface area contributed by atoms with Crippen LogP contribution in [0.2, 0.25) is 0 Å². The Labute approximate surface area is 133 Å². The number of rotatable bonds is 4. The molecule has 0 amide bonds. The lowest BCUT2D eigenvalue weighted by Crippen LogP contribution is -2.24. The number of aromatic nitrogens is 2. The summed E-state index contributed by atoms with van der Waals surface area (Å²) in [5.41, 5.74) is 2.66. The molecule has 0 atom stereocenters. The summed E-state index contributed by atoms with van der Waals surface area (Å²) in [6, 6.07) is 7.63. The molecule has 1 aliphatic carbocycles. The Kier molecular flexibility index (Phi) is 4.41. The number of carboxylic acids is 1. The number of aliphatic imine (C=N–C) groups is 1. The number of benzene rings is 1. The Morgan fingerprint density at radius 2 is 1.91 bits per heavy atom. The van der Waals surface area contributed by atoms with Crippen molar-refractivity contribution in [2.75, 3.05) is 0 Å². The van der Waals surface area contributed by atoms with Crippen LogP contribution in [0.25, 0.3) is 11.0 Å². The highest BCUT2D eigenvalue weighted by atomic mass is 16.4. The smallest absolute Gasteiger partial charge is 0.306 e. The molecule has 0 aliphatic heterocycles. The number of carboxylic acid groups (broad SMARTS) is 1. The average molecular weight is 310 g/mol. The van der Waals surface area contributed by atoms with E-state index >= 15 is 0 Å². The zero-order chi connectivity index (χ0) is 16.2. The molecule has 118 valence electrons. The fourth-order valence-corrected chi connectivity index (χ4v) is 2.91. The van der Waals surface area contributed by atoms with Crippen LogP contribution >= 0.6 is 0 Å². The molecule has 1 aliphatic rings. The number of nitrogens with one attached hydrogen (secondary N) is 1. The Hall–Kier alpha value is -2.63. The van der Waals surface area contributed by atoms with Gasteiger partial charge in [-0.2, -0.15) is 0 Å². The van der Waals surface area contributed by atoms with E-state index in [0.717, 1.165) is 23.9 Å². The minimum absolute atomic E-state index is 0.0514. The minimum atomic E-state index is -0.722. The van der Waals surface area contributed by atoms with Crippen LogP contribution in [-0.4, -0.2) is 39.0 Å². The van der Waals surface area contributed by atoms with E-state index in [9.17, 15) is 4.79 Å². The van der Waals surface area contributed by atoms with Crippen LogP contribution in [0.15, 0.2) is 35.5 Å². The van der Waals surface area contributed by atoms with Crippen molar-refractivity contribution < 1.29 is 9.90 Å². The molecule has 0 unspecified atom stereocenters. The van der Waals surface area contributed by atoms with Gasteiger partial charge in [-0.25, -0.2) is 4.98 Å². The second-order valence-electron chi connectivity index (χ2n) is 5.75. The minimum Gasteiger partial charge on any atom is -0.481 e. The van der Waals surface area contributed by atoms with E-state index in [1.807, 2.05) is 24.3 Å². The Morgan fingerprint density at radius 1 is 1.22 bits per heavy atom. The number of para-hydroxylation sites is 2. The number of hydrogen-bond donors (Lipinski definition) is 2. The monoisotopic (exact) mass is 310 g/mol. The maximum Gasteiger partial charge on any atom is 0.306 e. The molecule has 0 radical (unpaired) electrons. The molecule has 0 saturated heterocycles. The van der Waals surface area contributed by atoms with E-state index < -0.39 is 5.97 Å². The Balaban J connectivity index is 1.81. The van der Waals surface area contributed by atoms with E-state index in [1.165, 1.54) is 6.21 Å². The first kappa shape index (κ1) is 15.3. The number of aliphatic carboxylic acids is 1. The predicted octanol–water partition coefficient (Wildman–Crippen LogP) is 2.71. The highest BCUT2D eigenvalue weighted by Gasteiger charge is 2.25. The zero-order valence-corrected chi connectivity index (χ0v) is 12.6. The molecule has 1 heterocycles. The largest absolute Gasteiger partial charge is 0.481 e. The van der Waals surface area contributed by atoms with Crippen LogP contribution in [0.5, 0.6) is 0 Å². The third-order valence-electron chi connectivity index (χ3n) is 4.22. The van der Waals surface area contributed by atoms with E-state index in [-0.39, 0.29) is 12.0 Å². The van der Waals surface area contributed by atoms with Gasteiger partial charge in [0.1, 0.15) is 11.4 Å². The molecule has 1 aromatic heterocycles. The summed E-state index contributed by atoms with van der Waals surface area (Å²) in [6.45, 7) is 0. The fourth-order valence-electron chi connectivity index (χ4n) is 2.91. The third kappa shape index (κ3) is 3.41. The normalized spacial score (nSPS) is 22.0. The maximum atomic E-state index is 11.0. The standard InChI is InChI=1S/C17H18N4O2/c18-9-15(20-12-7-5-11(6-8-12)17(22)23)16-10-19-13-3-1-2-4-14(13)21-16/h1-4,9-12,18H,5-8H2,(H,22,23)/b18-9?,20-15-. The molecule has 6 nitrogen and oxygen atoms in total. The fraction of sp³-hybridized carbons (Fsp3) is 0.353. The first-order valence-electron chi connectivity index (χ1n) is 7.70. The van der Waals surface area contributed by atoms with E-state index in [0.29, 0.717) is 24.2 Å². The SMILES string of the molecule is N=C/C(=N/C1CCC(C(=O)O)CC1)c1cnc2ccccc2n1. The van der Waals surface area contributed by atoms with Gasteiger partial charge in [0.2, 0.25) is 0 Å². The lowest BCUT2D eigenvalue weighted by atomic mass is 9.86. The van der Waals surface area contributed by atoms with E-state index in [4.69, 9.17) is 10.5 Å². The van der Waals surface area contributed by atoms with Crippen LogP contribution in [0.4, 0.5) is 0 Å². The molecule has 1 fully saturated rings. The molecule has 2 N–H and O–H groups in total. The van der Waals surface area contributed by atoms with Gasteiger partial charge in [0.15, 0.2) is 0 Å². The Morgan fingerprint density at radius 3 is 2.57 bits per heavy atom. The lowest BCUT2D eigenvalue weighted by Gasteiger charge is -2.23. The number of hydrogen-bond acceptors (Lipinski definition) is 5. The van der Waals surface area contributed by atoms with Crippen LogP contribution < -0.4 is 0 Å². The molecule has 23 heavy (non-hydrogen) atoms. The van der Waals surface area contributed by atoms with Crippen LogP contribution in [-0.2, 0) is 4.79 Å². The zero-order valence-electron chi connectivity index (χ0n) is 12.6. The summed E-state index contributed by atoms with van der Waals surface area (Å²) >= 11 is 0. The predicted molar refractivity (Wildman–Crippen MR) is 88.2 cm³/mol. The molecule has 0 bridgehead atoms. The van der Waals surface area contributed by atoms with Gasteiger partial charge in [-0.05, 0) is 37.8 Å². The molecule has 6 heteroatoms. The van der Waals surface area contributed by atoms with Crippen LogP contribution in [0.1, 0.15) is 31.4 Å². The second kappa shape index (κ2) is 6.64. The third-order valence-corrected chi connectivity index (χ3v) is 4.22. The van der Waals surface area contributed by atoms with E-state index in [1.54, 1.807) is 6.20 Å². The molecule has 3 rings (SSSR count). The van der Waals surface area contributed by atoms with Crippen molar-refractivity contribution in [1.29, 1.82) is 5.41 Å². The highest BCUT2D eigenvalue weighted by molar-refractivity contribution is 6.36. The number of nitrogens with zero attached hydrogens (tertiary/aromatic N) is 3. The second-order valence-corrected chi connectivity index (χ2v) is 5.75. The maximum absolute atomic E-state index is 11.0. The van der Waals surface area contributed by atoms with Gasteiger partial charge in [0.05, 0.1) is 29.2 Å². The number of carbonyl (C=O) groups is 1. The molecular formula is C17H18N4O2. The van der Waals surface area contributed by atoms with Gasteiger partial charge in [-0.1, -0.05) is 12.1 Å². The van der Waals surface area contributed by atoms with Crippen molar-refractivity contribution in [2.24, 2.45) is 10.9 Å². The van der Waals surface area contributed by atoms with Crippen LogP contribution in [0.3, 0.4) is 0 Å². The topological polar surface area (TPSA) is 99.3 Å². The highest BCUT2D eigenvalue weighted by Crippen LogP contribution is 2.26. The molecular weight excluding hydrogens is 292 g/mol.